The third-order valence-corrected chi connectivity index (χ3v) is 4.31. The second-order valence-electron chi connectivity index (χ2n) is 6.11. The van der Waals surface area contributed by atoms with E-state index >= 15 is 0 Å². The Morgan fingerprint density at radius 3 is 2.30 bits per heavy atom. The van der Waals surface area contributed by atoms with Crippen molar-refractivity contribution in [1.29, 1.82) is 0 Å². The van der Waals surface area contributed by atoms with Crippen molar-refractivity contribution in [3.8, 4) is 0 Å². The summed E-state index contributed by atoms with van der Waals surface area (Å²) in [6.07, 6.45) is -0.119. The number of urea groups is 1. The fraction of sp³-hybridized carbons (Fsp3) is 0.250. The first-order chi connectivity index (χ1) is 13.1. The highest BCUT2D eigenvalue weighted by molar-refractivity contribution is 6.22. The molecule has 2 aromatic carbocycles. The van der Waals surface area contributed by atoms with E-state index < -0.39 is 18.0 Å². The lowest BCUT2D eigenvalue weighted by Crippen LogP contribution is -2.39. The molecule has 27 heavy (non-hydrogen) atoms. The van der Waals surface area contributed by atoms with Crippen LogP contribution in [0.5, 0.6) is 0 Å². The number of benzene rings is 2. The normalized spacial score (nSPS) is 16.7. The van der Waals surface area contributed by atoms with Gasteiger partial charge in [0, 0.05) is 19.3 Å². The maximum Gasteiger partial charge on any atom is 0.332 e. The number of carbonyl (C=O) groups excluding carboxylic acids is 3. The third-order valence-electron chi connectivity index (χ3n) is 4.31. The van der Waals surface area contributed by atoms with Crippen LogP contribution < -0.4 is 10.2 Å². The molecule has 1 aliphatic heterocycles. The number of para-hydroxylation sites is 2. The standard InChI is InChI=1S/C20H21N3O4/c1-27-13-12-22-17(14-18(24)21-15-8-4-2-5-9-15)19(25)23(20(22)26)16-10-6-3-7-11-16/h2-11,17H,12-14H2,1H3,(H,21,24)/t17-/m1/s1. The predicted octanol–water partition coefficient (Wildman–Crippen LogP) is 2.50. The molecule has 0 spiro atoms. The second kappa shape index (κ2) is 8.46. The van der Waals surface area contributed by atoms with Crippen LogP contribution in [0.25, 0.3) is 0 Å². The minimum atomic E-state index is -0.864. The summed E-state index contributed by atoms with van der Waals surface area (Å²) in [4.78, 5) is 40.7. The van der Waals surface area contributed by atoms with Crippen LogP contribution in [0.15, 0.2) is 60.7 Å². The minimum Gasteiger partial charge on any atom is -0.383 e. The SMILES string of the molecule is COCCN1C(=O)N(c2ccccc2)C(=O)[C@H]1CC(=O)Nc1ccccc1. The first-order valence-corrected chi connectivity index (χ1v) is 8.65. The van der Waals surface area contributed by atoms with Crippen LogP contribution in [0.1, 0.15) is 6.42 Å². The van der Waals surface area contributed by atoms with Gasteiger partial charge in [-0.2, -0.15) is 0 Å². The number of amides is 4. The zero-order valence-corrected chi connectivity index (χ0v) is 15.0. The number of carbonyl (C=O) groups is 3. The summed E-state index contributed by atoms with van der Waals surface area (Å²) in [6.45, 7) is 0.506. The average molecular weight is 367 g/mol. The number of nitrogens with one attached hydrogen (secondary N) is 1. The molecule has 0 aliphatic carbocycles. The quantitative estimate of drug-likeness (QED) is 0.763. The number of rotatable bonds is 7. The van der Waals surface area contributed by atoms with Crippen molar-refractivity contribution in [2.45, 2.75) is 12.5 Å². The van der Waals surface area contributed by atoms with Gasteiger partial charge in [0.25, 0.3) is 5.91 Å². The van der Waals surface area contributed by atoms with E-state index in [2.05, 4.69) is 5.32 Å². The summed E-state index contributed by atoms with van der Waals surface area (Å²) >= 11 is 0. The second-order valence-corrected chi connectivity index (χ2v) is 6.11. The number of imide groups is 1. The Bertz CT molecular complexity index is 810. The molecule has 2 aromatic rings. The number of nitrogens with zero attached hydrogens (tertiary/aromatic N) is 2. The van der Waals surface area contributed by atoms with Crippen molar-refractivity contribution in [3.05, 3.63) is 60.7 Å². The molecule has 1 aliphatic rings. The van der Waals surface area contributed by atoms with Gasteiger partial charge in [-0.05, 0) is 24.3 Å². The molecule has 1 heterocycles. The highest BCUT2D eigenvalue weighted by Crippen LogP contribution is 2.26. The fourth-order valence-corrected chi connectivity index (χ4v) is 3.00. The molecule has 140 valence electrons. The van der Waals surface area contributed by atoms with Gasteiger partial charge in [0.05, 0.1) is 18.7 Å². The van der Waals surface area contributed by atoms with E-state index in [9.17, 15) is 14.4 Å². The summed E-state index contributed by atoms with van der Waals surface area (Å²) < 4.78 is 5.05. The van der Waals surface area contributed by atoms with Crippen molar-refractivity contribution < 1.29 is 19.1 Å². The lowest BCUT2D eigenvalue weighted by atomic mass is 10.1. The maximum absolute atomic E-state index is 12.9. The van der Waals surface area contributed by atoms with Gasteiger partial charge in [0.15, 0.2) is 0 Å². The highest BCUT2D eigenvalue weighted by Gasteiger charge is 2.46. The van der Waals surface area contributed by atoms with Crippen molar-refractivity contribution in [3.63, 3.8) is 0 Å². The van der Waals surface area contributed by atoms with Gasteiger partial charge in [-0.15, -0.1) is 0 Å². The number of anilines is 2. The molecular formula is C20H21N3O4. The predicted molar refractivity (Wildman–Crippen MR) is 101 cm³/mol. The smallest absolute Gasteiger partial charge is 0.332 e. The Labute approximate surface area is 157 Å². The van der Waals surface area contributed by atoms with Crippen molar-refractivity contribution in [2.75, 3.05) is 30.5 Å². The maximum atomic E-state index is 12.9. The van der Waals surface area contributed by atoms with Gasteiger partial charge >= 0.3 is 6.03 Å². The highest BCUT2D eigenvalue weighted by atomic mass is 16.5. The summed E-state index contributed by atoms with van der Waals surface area (Å²) in [7, 11) is 1.52. The zero-order valence-electron chi connectivity index (χ0n) is 15.0. The van der Waals surface area contributed by atoms with Crippen LogP contribution in [0.3, 0.4) is 0 Å². The van der Waals surface area contributed by atoms with E-state index in [0.29, 0.717) is 11.4 Å². The van der Waals surface area contributed by atoms with Crippen LogP contribution in [0, 0.1) is 0 Å². The fourth-order valence-electron chi connectivity index (χ4n) is 3.00. The van der Waals surface area contributed by atoms with Crippen LogP contribution >= 0.6 is 0 Å². The lowest BCUT2D eigenvalue weighted by Gasteiger charge is -2.21. The molecule has 1 saturated heterocycles. The van der Waals surface area contributed by atoms with E-state index in [1.54, 1.807) is 36.4 Å². The topological polar surface area (TPSA) is 79.0 Å². The van der Waals surface area contributed by atoms with Gasteiger partial charge in [-0.25, -0.2) is 9.69 Å². The van der Waals surface area contributed by atoms with E-state index in [-0.39, 0.29) is 25.5 Å². The Morgan fingerprint density at radius 2 is 1.67 bits per heavy atom. The lowest BCUT2D eigenvalue weighted by molar-refractivity contribution is -0.124. The Morgan fingerprint density at radius 1 is 1.04 bits per heavy atom. The van der Waals surface area contributed by atoms with Crippen molar-refractivity contribution >= 4 is 29.2 Å². The molecule has 3 rings (SSSR count). The molecule has 1 atom stereocenters. The summed E-state index contributed by atoms with van der Waals surface area (Å²) in [5, 5.41) is 2.76. The number of hydrogen-bond donors (Lipinski definition) is 1. The summed E-state index contributed by atoms with van der Waals surface area (Å²) in [6, 6.07) is 16.4. The largest absolute Gasteiger partial charge is 0.383 e. The van der Waals surface area contributed by atoms with Gasteiger partial charge in [-0.3, -0.25) is 9.59 Å². The Hall–Kier alpha value is -3.19. The number of ether oxygens (including phenoxy) is 1. The first kappa shape index (κ1) is 18.6. The van der Waals surface area contributed by atoms with Crippen LogP contribution in [0.2, 0.25) is 0 Å². The molecule has 0 bridgehead atoms. The van der Waals surface area contributed by atoms with Gasteiger partial charge < -0.3 is 15.0 Å². The molecule has 7 heteroatoms. The van der Waals surface area contributed by atoms with E-state index in [1.165, 1.54) is 12.0 Å². The molecule has 0 unspecified atom stereocenters. The van der Waals surface area contributed by atoms with E-state index in [0.717, 1.165) is 4.90 Å². The van der Waals surface area contributed by atoms with Crippen molar-refractivity contribution in [2.24, 2.45) is 0 Å². The molecule has 0 aromatic heterocycles. The molecule has 0 radical (unpaired) electrons. The third kappa shape index (κ3) is 4.15. The molecule has 7 nitrogen and oxygen atoms in total. The van der Waals surface area contributed by atoms with Gasteiger partial charge in [0.2, 0.25) is 5.91 Å². The molecule has 0 saturated carbocycles. The Kier molecular flexibility index (Phi) is 5.83. The summed E-state index contributed by atoms with van der Waals surface area (Å²) in [5.74, 6) is -0.741. The van der Waals surface area contributed by atoms with Crippen LogP contribution in [-0.4, -0.2) is 49.0 Å². The monoisotopic (exact) mass is 367 g/mol. The van der Waals surface area contributed by atoms with Gasteiger partial charge in [-0.1, -0.05) is 36.4 Å². The van der Waals surface area contributed by atoms with Crippen LogP contribution in [0.4, 0.5) is 16.2 Å². The number of hydrogen-bond acceptors (Lipinski definition) is 4. The molecule has 1 fully saturated rings. The molecule has 4 amide bonds. The number of methoxy groups -OCH3 is 1. The molecular weight excluding hydrogens is 346 g/mol. The van der Waals surface area contributed by atoms with E-state index in [4.69, 9.17) is 4.74 Å². The first-order valence-electron chi connectivity index (χ1n) is 8.65. The van der Waals surface area contributed by atoms with E-state index in [1.807, 2.05) is 24.3 Å². The van der Waals surface area contributed by atoms with Crippen molar-refractivity contribution in [1.82, 2.24) is 4.90 Å². The average Bonchev–Trinajstić information content (AvgIpc) is 2.91. The molecule has 1 N–H and O–H groups in total. The zero-order chi connectivity index (χ0) is 19.2. The van der Waals surface area contributed by atoms with Crippen LogP contribution in [-0.2, 0) is 14.3 Å². The minimum absolute atomic E-state index is 0.119. The van der Waals surface area contributed by atoms with Gasteiger partial charge in [0.1, 0.15) is 6.04 Å². The Balaban J connectivity index is 1.79. The summed E-state index contributed by atoms with van der Waals surface area (Å²) in [5.41, 5.74) is 1.13.